The lowest BCUT2D eigenvalue weighted by atomic mass is 10.1. The van der Waals surface area contributed by atoms with Crippen molar-refractivity contribution in [2.24, 2.45) is 0 Å². The van der Waals surface area contributed by atoms with Gasteiger partial charge in [0.25, 0.3) is 0 Å². The first-order valence-electron chi connectivity index (χ1n) is 35.9. The molecular formula is C69H46N6Si. The van der Waals surface area contributed by atoms with Crippen molar-refractivity contribution in [1.29, 1.82) is 0 Å². The molecule has 0 amide bonds. The summed E-state index contributed by atoms with van der Waals surface area (Å²) in [6.07, 6.45) is 0. The van der Waals surface area contributed by atoms with Crippen LogP contribution in [0.25, 0.3) is 106 Å². The number of hydrogen-bond acceptors (Lipinski definition) is 3. The van der Waals surface area contributed by atoms with E-state index in [9.17, 15) is 16.4 Å². The number of rotatable bonds is 9. The number of benzene rings is 11. The van der Waals surface area contributed by atoms with Crippen LogP contribution in [0.3, 0.4) is 0 Å². The summed E-state index contributed by atoms with van der Waals surface area (Å²) >= 11 is 0. The Morgan fingerprint density at radius 2 is 0.632 bits per heavy atom. The van der Waals surface area contributed by atoms with E-state index in [0.717, 1.165) is 49.3 Å². The standard InChI is InChI=1S/C69H46N6Si/c1-5-23-47(24-6-1)67-70-68(48-43-45-52(46-44-48)76(49-25-7-2-8-26-49,50-27-9-3-10-28-50)51-29-11-4-12-30-51)72-69(71-67)75-62-40-20-16-34-56(62)58-36-22-42-64(66(58)75)74-61-39-19-15-33-55(61)57-35-21-41-63(65(57)74)73-59-37-17-13-31-53(59)54-32-14-18-38-60(54)73/h1-46H/i1D,2D,3D,4D,5D,6D,7D,8D,9D,10D,11D,12D,23D,24D,25D,26D,27D,28D,29D,30D,43D,44D,45D,46D. The lowest BCUT2D eigenvalue weighted by molar-refractivity contribution is 0.950. The minimum Gasteiger partial charge on any atom is -0.307 e. The summed E-state index contributed by atoms with van der Waals surface area (Å²) in [5.41, 5.74) is 4.07. The zero-order valence-corrected chi connectivity index (χ0v) is 40.4. The van der Waals surface area contributed by atoms with Crippen molar-refractivity contribution in [2.45, 2.75) is 0 Å². The summed E-state index contributed by atoms with van der Waals surface area (Å²) in [7, 11) is -6.31. The Labute approximate surface area is 473 Å². The molecule has 0 saturated carbocycles. The third kappa shape index (κ3) is 6.62. The summed E-state index contributed by atoms with van der Waals surface area (Å²) in [5.74, 6) is -1.78. The molecule has 0 unspecified atom stereocenters. The van der Waals surface area contributed by atoms with Gasteiger partial charge in [-0.15, -0.1) is 0 Å². The molecule has 0 aliphatic carbocycles. The van der Waals surface area contributed by atoms with Gasteiger partial charge < -0.3 is 9.13 Å². The maximum absolute atomic E-state index is 10.3. The van der Waals surface area contributed by atoms with E-state index < -0.39 is 197 Å². The van der Waals surface area contributed by atoms with Gasteiger partial charge >= 0.3 is 0 Å². The first-order valence-corrected chi connectivity index (χ1v) is 25.9. The first-order chi connectivity index (χ1) is 47.7. The predicted octanol–water partition coefficient (Wildman–Crippen LogP) is 13.9. The normalized spacial score (nSPS) is 16.4. The van der Waals surface area contributed by atoms with E-state index in [-0.39, 0.29) is 5.95 Å². The van der Waals surface area contributed by atoms with Crippen molar-refractivity contribution in [2.75, 3.05) is 0 Å². The Morgan fingerprint density at radius 3 is 1.11 bits per heavy atom. The number of fused-ring (bicyclic) bond motifs is 9. The lowest BCUT2D eigenvalue weighted by Gasteiger charge is -2.34. The number of para-hydroxylation sites is 6. The van der Waals surface area contributed by atoms with Crippen molar-refractivity contribution in [3.05, 3.63) is 278 Å². The van der Waals surface area contributed by atoms with E-state index in [1.165, 1.54) is 0 Å². The van der Waals surface area contributed by atoms with Gasteiger partial charge in [-0.1, -0.05) is 242 Å². The lowest BCUT2D eigenvalue weighted by Crippen LogP contribution is -2.74. The fourth-order valence-corrected chi connectivity index (χ4v) is 14.2. The minimum atomic E-state index is -6.31. The van der Waals surface area contributed by atoms with E-state index >= 15 is 0 Å². The fraction of sp³-hybridized carbons (Fsp3) is 0. The van der Waals surface area contributed by atoms with Gasteiger partial charge in [-0.2, -0.15) is 9.97 Å². The van der Waals surface area contributed by atoms with Gasteiger partial charge in [0, 0.05) is 43.4 Å². The van der Waals surface area contributed by atoms with Crippen molar-refractivity contribution in [3.63, 3.8) is 0 Å². The molecule has 6 nitrogen and oxygen atoms in total. The topological polar surface area (TPSA) is 53.5 Å². The molecule has 11 aromatic carbocycles. The number of nitrogens with zero attached hydrogens (tertiary/aromatic N) is 6. The Balaban J connectivity index is 1.10. The zero-order valence-electron chi connectivity index (χ0n) is 63.4. The maximum Gasteiger partial charge on any atom is 0.238 e. The highest BCUT2D eigenvalue weighted by atomic mass is 28.3. The number of hydrogen-bond donors (Lipinski definition) is 0. The molecule has 76 heavy (non-hydrogen) atoms. The zero-order chi connectivity index (χ0) is 71.0. The Hall–Kier alpha value is -9.95. The van der Waals surface area contributed by atoms with Crippen molar-refractivity contribution >= 4 is 94.2 Å². The van der Waals surface area contributed by atoms with Gasteiger partial charge in [0.15, 0.2) is 19.7 Å². The van der Waals surface area contributed by atoms with Crippen LogP contribution in [0.15, 0.2) is 278 Å². The van der Waals surface area contributed by atoms with E-state index in [0.29, 0.717) is 27.5 Å². The fourth-order valence-electron chi connectivity index (χ4n) is 10.7. The number of aromatic nitrogens is 6. The third-order valence-electron chi connectivity index (χ3n) is 13.8. The highest BCUT2D eigenvalue weighted by Gasteiger charge is 2.41. The van der Waals surface area contributed by atoms with E-state index in [1.807, 2.05) is 97.1 Å². The van der Waals surface area contributed by atoms with E-state index in [1.54, 1.807) is 16.7 Å². The summed E-state index contributed by atoms with van der Waals surface area (Å²) < 4.78 is 230. The molecular weight excluding hydrogens is 941 g/mol. The Morgan fingerprint density at radius 1 is 0.289 bits per heavy atom. The quantitative estimate of drug-likeness (QED) is 0.107. The summed E-state index contributed by atoms with van der Waals surface area (Å²) in [5, 5.41) is 0.692. The van der Waals surface area contributed by atoms with Crippen molar-refractivity contribution < 1.29 is 32.9 Å². The predicted molar refractivity (Wildman–Crippen MR) is 317 cm³/mol. The second-order valence-electron chi connectivity index (χ2n) is 17.7. The molecule has 0 atom stereocenters. The summed E-state index contributed by atoms with van der Waals surface area (Å²) in [6.45, 7) is 0. The molecule has 4 heterocycles. The molecule has 0 N–H and O–H groups in total. The van der Waals surface area contributed by atoms with E-state index in [2.05, 4.69) is 38.4 Å². The summed E-state index contributed by atoms with van der Waals surface area (Å²) in [6, 6.07) is 16.8. The molecule has 0 spiro atoms. The average Bonchev–Trinajstić information content (AvgIpc) is 0.941. The Bertz CT molecular complexity index is 5840. The molecule has 15 rings (SSSR count). The highest BCUT2D eigenvalue weighted by Crippen LogP contribution is 2.43. The van der Waals surface area contributed by atoms with Crippen molar-refractivity contribution in [3.8, 4) is 40.1 Å². The second kappa shape index (κ2) is 17.6. The summed E-state index contributed by atoms with van der Waals surface area (Å²) in [4.78, 5) is 14.6. The molecule has 0 aliphatic heterocycles. The van der Waals surface area contributed by atoms with Gasteiger partial charge in [0.05, 0.1) is 77.4 Å². The highest BCUT2D eigenvalue weighted by molar-refractivity contribution is 7.19. The third-order valence-corrected chi connectivity index (χ3v) is 17.8. The van der Waals surface area contributed by atoms with Crippen LogP contribution in [0.1, 0.15) is 32.9 Å². The monoisotopic (exact) mass is 1010 g/mol. The van der Waals surface area contributed by atoms with Crippen LogP contribution in [-0.4, -0.2) is 36.7 Å². The van der Waals surface area contributed by atoms with Crippen LogP contribution in [0.5, 0.6) is 0 Å². The van der Waals surface area contributed by atoms with Crippen LogP contribution in [0.4, 0.5) is 0 Å². The molecule has 7 heteroatoms. The molecule has 15 aromatic rings. The largest absolute Gasteiger partial charge is 0.307 e. The van der Waals surface area contributed by atoms with Gasteiger partial charge in [-0.05, 0) is 57.1 Å². The molecule has 0 aliphatic rings. The van der Waals surface area contributed by atoms with E-state index in [4.69, 9.17) is 26.4 Å². The van der Waals surface area contributed by atoms with Crippen molar-refractivity contribution in [1.82, 2.24) is 28.7 Å². The van der Waals surface area contributed by atoms with Gasteiger partial charge in [-0.3, -0.25) is 4.57 Å². The SMILES string of the molecule is [2H]c1c([2H])c([2H])c(-c2nc(-c3c([2H])c([2H])c([Si](c4c([2H])c([2H])c([2H])c([2H])c4[2H])(c4c([2H])c([2H])c([2H])c([2H])c4[2H])c4c([2H])c([2H])c([2H])c([2H])c4[2H])c([2H])c3[2H])nc(-n3c4ccccc4c4cccc(-n5c6ccccc6c6cccc(-n7c8ccccc8c8ccccc87)c65)c43)n2)c([2H])c1[2H]. The minimum absolute atomic E-state index is 0.379. The maximum atomic E-state index is 10.3. The second-order valence-corrected chi connectivity index (χ2v) is 21.2. The Kier molecular flexibility index (Phi) is 5.99. The van der Waals surface area contributed by atoms with Gasteiger partial charge in [0.2, 0.25) is 5.95 Å². The molecule has 4 aromatic heterocycles. The van der Waals surface area contributed by atoms with Crippen LogP contribution in [0.2, 0.25) is 0 Å². The van der Waals surface area contributed by atoms with Crippen LogP contribution >= 0.6 is 0 Å². The van der Waals surface area contributed by atoms with Crippen LogP contribution in [0, 0.1) is 0 Å². The molecule has 0 radical (unpaired) electrons. The molecule has 0 fully saturated rings. The van der Waals surface area contributed by atoms with Gasteiger partial charge in [0.1, 0.15) is 0 Å². The smallest absolute Gasteiger partial charge is 0.238 e. The first kappa shape index (κ1) is 25.8. The van der Waals surface area contributed by atoms with Crippen LogP contribution < -0.4 is 20.7 Å². The average molecular weight is 1010 g/mol. The molecule has 356 valence electrons. The van der Waals surface area contributed by atoms with Crippen LogP contribution in [-0.2, 0) is 0 Å². The van der Waals surface area contributed by atoms with Gasteiger partial charge in [-0.25, -0.2) is 4.98 Å². The molecule has 0 saturated heterocycles. The molecule has 0 bridgehead atoms.